The van der Waals surface area contributed by atoms with Crippen LogP contribution >= 0.6 is 0 Å². The predicted octanol–water partition coefficient (Wildman–Crippen LogP) is 12.3. The molecule has 0 aliphatic rings. The molecular formula is C44H91NO5. The number of aliphatic hydroxyl groups is 3. The maximum atomic E-state index is 10.7. The Hall–Kier alpha value is -0.690. The minimum Gasteiger partial charge on any atom is -0.396 e. The SMILES string of the molecule is CCCCCCCCCCCCCCOCCCCCCCCCCCCCC.NC(=O)C(O)C(O)CCCCCCCCCCCCCO. The molecule has 0 aliphatic carbocycles. The van der Waals surface area contributed by atoms with Crippen molar-refractivity contribution in [3.63, 3.8) is 0 Å². The first-order valence-electron chi connectivity index (χ1n) is 22.3. The maximum Gasteiger partial charge on any atom is 0.248 e. The van der Waals surface area contributed by atoms with Crippen LogP contribution in [0.3, 0.4) is 0 Å². The molecule has 0 radical (unpaired) electrons. The third-order valence-electron chi connectivity index (χ3n) is 10.1. The fourth-order valence-electron chi connectivity index (χ4n) is 6.60. The van der Waals surface area contributed by atoms with Gasteiger partial charge < -0.3 is 25.8 Å². The second-order valence-corrected chi connectivity index (χ2v) is 15.2. The Bertz CT molecular complexity index is 593. The lowest BCUT2D eigenvalue weighted by molar-refractivity contribution is -0.131. The highest BCUT2D eigenvalue weighted by Gasteiger charge is 2.20. The topological polar surface area (TPSA) is 113 Å². The summed E-state index contributed by atoms with van der Waals surface area (Å²) in [7, 11) is 0. The van der Waals surface area contributed by atoms with E-state index < -0.39 is 18.1 Å². The second-order valence-electron chi connectivity index (χ2n) is 15.2. The highest BCUT2D eigenvalue weighted by Crippen LogP contribution is 2.15. The number of hydrogen-bond donors (Lipinski definition) is 4. The summed E-state index contributed by atoms with van der Waals surface area (Å²) in [6, 6.07) is 0. The van der Waals surface area contributed by atoms with Crippen molar-refractivity contribution in [2.24, 2.45) is 5.73 Å². The average molecular weight is 714 g/mol. The zero-order valence-electron chi connectivity index (χ0n) is 34.0. The Morgan fingerprint density at radius 3 is 0.980 bits per heavy atom. The van der Waals surface area contributed by atoms with Crippen molar-refractivity contribution in [3.05, 3.63) is 0 Å². The standard InChI is InChI=1S/C28H58O.C16H33NO4/c1-3-5-7-9-11-13-15-17-19-21-23-25-27-29-28-26-24-22-20-18-16-14-12-10-8-6-4-2;17-16(21)15(20)14(19)12-10-8-6-4-2-1-3-5-7-9-11-13-18/h3-28H2,1-2H3;14-15,18-20H,1-13H2,(H2,17,21). The third kappa shape index (κ3) is 45.3. The van der Waals surface area contributed by atoms with Gasteiger partial charge in [0, 0.05) is 19.8 Å². The van der Waals surface area contributed by atoms with Crippen molar-refractivity contribution < 1.29 is 24.9 Å². The summed E-state index contributed by atoms with van der Waals surface area (Å²) in [5.74, 6) is -0.860. The summed E-state index contributed by atoms with van der Waals surface area (Å²) < 4.78 is 5.82. The predicted molar refractivity (Wildman–Crippen MR) is 217 cm³/mol. The minimum absolute atomic E-state index is 0.311. The maximum absolute atomic E-state index is 10.7. The second kappa shape index (κ2) is 46.3. The van der Waals surface area contributed by atoms with Crippen LogP contribution in [0.5, 0.6) is 0 Å². The molecule has 50 heavy (non-hydrogen) atoms. The molecule has 1 amide bonds. The van der Waals surface area contributed by atoms with E-state index in [2.05, 4.69) is 13.8 Å². The molecule has 0 aromatic heterocycles. The number of amides is 1. The van der Waals surface area contributed by atoms with Crippen molar-refractivity contribution in [2.75, 3.05) is 19.8 Å². The van der Waals surface area contributed by atoms with Crippen LogP contribution in [0.4, 0.5) is 0 Å². The lowest BCUT2D eigenvalue weighted by atomic mass is 10.0. The van der Waals surface area contributed by atoms with Crippen molar-refractivity contribution in [3.8, 4) is 0 Å². The molecule has 0 aliphatic heterocycles. The van der Waals surface area contributed by atoms with Gasteiger partial charge in [0.1, 0.15) is 0 Å². The highest BCUT2D eigenvalue weighted by atomic mass is 16.5. The van der Waals surface area contributed by atoms with Crippen LogP contribution in [-0.4, -0.2) is 53.3 Å². The molecule has 2 unspecified atom stereocenters. The van der Waals surface area contributed by atoms with Gasteiger partial charge in [0.2, 0.25) is 5.91 Å². The van der Waals surface area contributed by atoms with E-state index in [1.807, 2.05) is 0 Å². The fourth-order valence-corrected chi connectivity index (χ4v) is 6.60. The van der Waals surface area contributed by atoms with Crippen LogP contribution in [0, 0.1) is 0 Å². The first-order valence-corrected chi connectivity index (χ1v) is 22.3. The molecular weight excluding hydrogens is 622 g/mol. The molecule has 0 aromatic carbocycles. The van der Waals surface area contributed by atoms with Gasteiger partial charge in [0.25, 0.3) is 0 Å². The van der Waals surface area contributed by atoms with Crippen LogP contribution < -0.4 is 5.73 Å². The van der Waals surface area contributed by atoms with E-state index in [4.69, 9.17) is 15.6 Å². The molecule has 0 fully saturated rings. The smallest absolute Gasteiger partial charge is 0.248 e. The Morgan fingerprint density at radius 1 is 0.440 bits per heavy atom. The average Bonchev–Trinajstić information content (AvgIpc) is 3.11. The Morgan fingerprint density at radius 2 is 0.700 bits per heavy atom. The zero-order chi connectivity index (χ0) is 37.0. The molecule has 0 saturated heterocycles. The van der Waals surface area contributed by atoms with Gasteiger partial charge in [-0.2, -0.15) is 0 Å². The molecule has 5 N–H and O–H groups in total. The lowest BCUT2D eigenvalue weighted by Crippen LogP contribution is -2.38. The first-order chi connectivity index (χ1) is 24.5. The summed E-state index contributed by atoms with van der Waals surface area (Å²) in [5.41, 5.74) is 4.91. The minimum atomic E-state index is -1.43. The number of aliphatic hydroxyl groups excluding tert-OH is 3. The molecule has 6 nitrogen and oxygen atoms in total. The van der Waals surface area contributed by atoms with Gasteiger partial charge in [-0.1, -0.05) is 219 Å². The van der Waals surface area contributed by atoms with Crippen LogP contribution in [0.1, 0.15) is 245 Å². The van der Waals surface area contributed by atoms with Gasteiger partial charge in [-0.15, -0.1) is 0 Å². The number of carbonyl (C=O) groups is 1. The fraction of sp³-hybridized carbons (Fsp3) is 0.977. The number of primary amides is 1. The zero-order valence-corrected chi connectivity index (χ0v) is 34.0. The van der Waals surface area contributed by atoms with E-state index in [9.17, 15) is 15.0 Å². The first kappa shape index (κ1) is 51.4. The van der Waals surface area contributed by atoms with Crippen LogP contribution in [0.2, 0.25) is 0 Å². The van der Waals surface area contributed by atoms with Gasteiger partial charge in [0.15, 0.2) is 6.10 Å². The van der Waals surface area contributed by atoms with Gasteiger partial charge in [-0.25, -0.2) is 0 Å². The van der Waals surface area contributed by atoms with Crippen LogP contribution in [-0.2, 0) is 9.53 Å². The Labute approximate surface area is 312 Å². The number of rotatable bonds is 41. The highest BCUT2D eigenvalue weighted by molar-refractivity contribution is 5.79. The normalized spacial score (nSPS) is 12.5. The van der Waals surface area contributed by atoms with Crippen molar-refractivity contribution in [2.45, 2.75) is 257 Å². The van der Waals surface area contributed by atoms with Gasteiger partial charge in [-0.05, 0) is 25.7 Å². The number of nitrogens with two attached hydrogens (primary N) is 1. The molecule has 0 rings (SSSR count). The van der Waals surface area contributed by atoms with Gasteiger partial charge in [0.05, 0.1) is 6.10 Å². The van der Waals surface area contributed by atoms with Crippen molar-refractivity contribution in [1.29, 1.82) is 0 Å². The van der Waals surface area contributed by atoms with Crippen molar-refractivity contribution >= 4 is 5.91 Å². The Kier molecular flexibility index (Phi) is 47.6. The van der Waals surface area contributed by atoms with E-state index in [1.54, 1.807) is 0 Å². The third-order valence-corrected chi connectivity index (χ3v) is 10.1. The molecule has 0 heterocycles. The van der Waals surface area contributed by atoms with Gasteiger partial charge in [-0.3, -0.25) is 4.79 Å². The summed E-state index contributed by atoms with van der Waals surface area (Å²) in [4.78, 5) is 10.7. The molecule has 0 spiro atoms. The van der Waals surface area contributed by atoms with Gasteiger partial charge >= 0.3 is 0 Å². The summed E-state index contributed by atoms with van der Waals surface area (Å²) in [5, 5.41) is 27.4. The number of ether oxygens (including phenoxy) is 1. The van der Waals surface area contributed by atoms with Crippen LogP contribution in [0.25, 0.3) is 0 Å². The monoisotopic (exact) mass is 714 g/mol. The quantitative estimate of drug-likeness (QED) is 0.0471. The molecule has 6 heteroatoms. The van der Waals surface area contributed by atoms with Crippen LogP contribution in [0.15, 0.2) is 0 Å². The molecule has 2 atom stereocenters. The van der Waals surface area contributed by atoms with E-state index in [1.165, 1.54) is 193 Å². The molecule has 0 saturated carbocycles. The Balaban J connectivity index is 0. The van der Waals surface area contributed by atoms with E-state index in [0.717, 1.165) is 45.3 Å². The lowest BCUT2D eigenvalue weighted by Gasteiger charge is -2.14. The summed E-state index contributed by atoms with van der Waals surface area (Å²) in [6.45, 7) is 6.89. The van der Waals surface area contributed by atoms with Crippen molar-refractivity contribution in [1.82, 2.24) is 0 Å². The summed E-state index contributed by atoms with van der Waals surface area (Å²) in [6.07, 6.45) is 44.5. The number of carbonyl (C=O) groups excluding carboxylic acids is 1. The number of hydrogen-bond acceptors (Lipinski definition) is 5. The molecule has 0 aromatic rings. The van der Waals surface area contributed by atoms with E-state index >= 15 is 0 Å². The molecule has 0 bridgehead atoms. The van der Waals surface area contributed by atoms with E-state index in [0.29, 0.717) is 13.0 Å². The molecule has 302 valence electrons. The number of unbranched alkanes of at least 4 members (excludes halogenated alkanes) is 32. The summed E-state index contributed by atoms with van der Waals surface area (Å²) >= 11 is 0. The van der Waals surface area contributed by atoms with E-state index in [-0.39, 0.29) is 0 Å². The largest absolute Gasteiger partial charge is 0.396 e.